The zero-order valence-corrected chi connectivity index (χ0v) is 13.4. The number of nitrogens with zero attached hydrogens (tertiary/aromatic N) is 5. The third-order valence-electron chi connectivity index (χ3n) is 4.52. The lowest BCUT2D eigenvalue weighted by Gasteiger charge is -2.22. The van der Waals surface area contributed by atoms with E-state index in [9.17, 15) is 5.26 Å². The Bertz CT molecular complexity index is 913. The molecule has 0 radical (unpaired) electrons. The number of aromatic nitrogens is 4. The van der Waals surface area contributed by atoms with Gasteiger partial charge in [0.2, 0.25) is 0 Å². The topological polar surface area (TPSA) is 80.2 Å². The summed E-state index contributed by atoms with van der Waals surface area (Å²) in [7, 11) is 1.52. The van der Waals surface area contributed by atoms with Crippen LogP contribution in [-0.2, 0) is 0 Å². The third kappa shape index (κ3) is 2.41. The van der Waals surface area contributed by atoms with Crippen LogP contribution in [0, 0.1) is 11.3 Å². The Balaban J connectivity index is 1.69. The summed E-state index contributed by atoms with van der Waals surface area (Å²) in [6.07, 6.45) is 8.07. The number of nitriles is 1. The van der Waals surface area contributed by atoms with E-state index in [0.29, 0.717) is 17.5 Å². The molecule has 7 nitrogen and oxygen atoms in total. The number of methoxy groups -OCH3 is 1. The first-order valence-electron chi connectivity index (χ1n) is 8.02. The van der Waals surface area contributed by atoms with Crippen molar-refractivity contribution in [2.75, 3.05) is 20.2 Å². The van der Waals surface area contributed by atoms with Crippen molar-refractivity contribution in [3.63, 3.8) is 0 Å². The number of nitrogens with one attached hydrogen (secondary N) is 1. The van der Waals surface area contributed by atoms with Crippen molar-refractivity contribution in [3.8, 4) is 23.1 Å². The van der Waals surface area contributed by atoms with Gasteiger partial charge in [-0.1, -0.05) is 6.07 Å². The highest BCUT2D eigenvalue weighted by atomic mass is 16.5. The van der Waals surface area contributed by atoms with E-state index in [4.69, 9.17) is 4.74 Å². The SMILES string of the molecule is COc1nn2cc(-c3cnn(C4CCNCC4)c3)ccc2c1C#N. The van der Waals surface area contributed by atoms with Crippen molar-refractivity contribution in [2.45, 2.75) is 18.9 Å². The molecule has 0 atom stereocenters. The molecule has 1 aliphatic rings. The summed E-state index contributed by atoms with van der Waals surface area (Å²) < 4.78 is 8.92. The fourth-order valence-electron chi connectivity index (χ4n) is 3.20. The quantitative estimate of drug-likeness (QED) is 0.798. The molecule has 1 N–H and O–H groups in total. The van der Waals surface area contributed by atoms with Gasteiger partial charge in [-0.15, -0.1) is 5.10 Å². The van der Waals surface area contributed by atoms with Crippen molar-refractivity contribution in [3.05, 3.63) is 36.3 Å². The Morgan fingerprint density at radius 3 is 2.83 bits per heavy atom. The maximum Gasteiger partial charge on any atom is 0.251 e. The fourth-order valence-corrected chi connectivity index (χ4v) is 3.20. The number of pyridine rings is 1. The molecule has 0 aromatic carbocycles. The van der Waals surface area contributed by atoms with Crippen LogP contribution >= 0.6 is 0 Å². The van der Waals surface area contributed by atoms with Gasteiger partial charge in [-0.25, -0.2) is 4.52 Å². The zero-order chi connectivity index (χ0) is 16.5. The second kappa shape index (κ2) is 5.98. The van der Waals surface area contributed by atoms with Gasteiger partial charge in [-0.2, -0.15) is 10.4 Å². The predicted octanol–water partition coefficient (Wildman–Crippen LogP) is 2.00. The summed E-state index contributed by atoms with van der Waals surface area (Å²) in [5.41, 5.74) is 3.25. The van der Waals surface area contributed by atoms with E-state index in [-0.39, 0.29) is 0 Å². The number of fused-ring (bicyclic) bond motifs is 1. The van der Waals surface area contributed by atoms with Crippen molar-refractivity contribution in [1.29, 1.82) is 5.26 Å². The second-order valence-electron chi connectivity index (χ2n) is 5.93. The van der Waals surface area contributed by atoms with Crippen LogP contribution in [-0.4, -0.2) is 39.6 Å². The summed E-state index contributed by atoms with van der Waals surface area (Å²) >= 11 is 0. The summed E-state index contributed by atoms with van der Waals surface area (Å²) in [4.78, 5) is 0. The molecule has 4 rings (SSSR count). The lowest BCUT2D eigenvalue weighted by atomic mass is 10.1. The molecule has 24 heavy (non-hydrogen) atoms. The summed E-state index contributed by atoms with van der Waals surface area (Å²) in [5, 5.41) is 21.5. The second-order valence-corrected chi connectivity index (χ2v) is 5.93. The van der Waals surface area contributed by atoms with Crippen molar-refractivity contribution < 1.29 is 4.74 Å². The Kier molecular flexibility index (Phi) is 3.67. The van der Waals surface area contributed by atoms with Gasteiger partial charge in [0.05, 0.1) is 24.9 Å². The molecule has 0 bridgehead atoms. The largest absolute Gasteiger partial charge is 0.479 e. The molecule has 122 valence electrons. The van der Waals surface area contributed by atoms with E-state index in [2.05, 4.69) is 32.5 Å². The Hall–Kier alpha value is -2.85. The summed E-state index contributed by atoms with van der Waals surface area (Å²) in [6.45, 7) is 2.08. The summed E-state index contributed by atoms with van der Waals surface area (Å²) in [5.74, 6) is 0.347. The normalized spacial score (nSPS) is 15.5. The molecular weight excluding hydrogens is 304 g/mol. The van der Waals surface area contributed by atoms with E-state index in [0.717, 1.165) is 42.6 Å². The fraction of sp³-hybridized carbons (Fsp3) is 0.353. The first kappa shape index (κ1) is 14.7. The van der Waals surface area contributed by atoms with E-state index >= 15 is 0 Å². The molecule has 0 unspecified atom stereocenters. The highest BCUT2D eigenvalue weighted by Gasteiger charge is 2.17. The van der Waals surface area contributed by atoms with Gasteiger partial charge < -0.3 is 10.1 Å². The highest BCUT2D eigenvalue weighted by Crippen LogP contribution is 2.27. The van der Waals surface area contributed by atoms with Gasteiger partial charge in [0, 0.05) is 23.5 Å². The van der Waals surface area contributed by atoms with Gasteiger partial charge in [-0.05, 0) is 32.0 Å². The molecule has 3 aromatic heterocycles. The maximum absolute atomic E-state index is 9.27. The van der Waals surface area contributed by atoms with E-state index in [1.54, 1.807) is 4.52 Å². The molecule has 0 amide bonds. The number of hydrogen-bond acceptors (Lipinski definition) is 5. The van der Waals surface area contributed by atoms with Crippen molar-refractivity contribution >= 4 is 5.52 Å². The Morgan fingerprint density at radius 1 is 1.25 bits per heavy atom. The molecule has 0 aliphatic carbocycles. The van der Waals surface area contributed by atoms with Gasteiger partial charge >= 0.3 is 0 Å². The average molecular weight is 322 g/mol. The van der Waals surface area contributed by atoms with Gasteiger partial charge in [0.1, 0.15) is 11.6 Å². The molecule has 3 aromatic rings. The van der Waals surface area contributed by atoms with Crippen LogP contribution in [0.1, 0.15) is 24.4 Å². The molecule has 1 aliphatic heterocycles. The minimum atomic E-state index is 0.347. The predicted molar refractivity (Wildman–Crippen MR) is 88.8 cm³/mol. The molecule has 0 saturated carbocycles. The Morgan fingerprint density at radius 2 is 2.08 bits per heavy atom. The first-order valence-corrected chi connectivity index (χ1v) is 8.02. The lowest BCUT2D eigenvalue weighted by molar-refractivity contribution is 0.343. The molecule has 0 spiro atoms. The zero-order valence-electron chi connectivity index (χ0n) is 13.4. The van der Waals surface area contributed by atoms with Gasteiger partial charge in [-0.3, -0.25) is 4.68 Å². The van der Waals surface area contributed by atoms with E-state index in [1.165, 1.54) is 7.11 Å². The molecule has 7 heteroatoms. The summed E-state index contributed by atoms with van der Waals surface area (Å²) in [6, 6.07) is 6.48. The molecule has 1 saturated heterocycles. The van der Waals surface area contributed by atoms with Crippen LogP contribution in [0.2, 0.25) is 0 Å². The molecule has 4 heterocycles. The number of rotatable bonds is 3. The average Bonchev–Trinajstić information content (AvgIpc) is 3.26. The third-order valence-corrected chi connectivity index (χ3v) is 4.52. The number of ether oxygens (including phenoxy) is 1. The van der Waals surface area contributed by atoms with Crippen molar-refractivity contribution in [1.82, 2.24) is 24.7 Å². The monoisotopic (exact) mass is 322 g/mol. The molecule has 1 fully saturated rings. The van der Waals surface area contributed by atoms with Crippen LogP contribution in [0.15, 0.2) is 30.7 Å². The standard InChI is InChI=1S/C17H18N6O/c1-24-17-15(8-18)16-3-2-12(10-23(16)21-17)13-9-20-22(11-13)14-4-6-19-7-5-14/h2-3,9-11,14,19H,4-7H2,1H3. The van der Waals surface area contributed by atoms with E-state index < -0.39 is 0 Å². The Labute approximate surface area is 139 Å². The highest BCUT2D eigenvalue weighted by molar-refractivity contribution is 5.70. The van der Waals surface area contributed by atoms with Crippen LogP contribution in [0.25, 0.3) is 16.6 Å². The minimum absolute atomic E-state index is 0.347. The number of piperidine rings is 1. The smallest absolute Gasteiger partial charge is 0.251 e. The van der Waals surface area contributed by atoms with Crippen LogP contribution in [0.3, 0.4) is 0 Å². The van der Waals surface area contributed by atoms with E-state index in [1.807, 2.05) is 24.5 Å². The lowest BCUT2D eigenvalue weighted by Crippen LogP contribution is -2.29. The minimum Gasteiger partial charge on any atom is -0.479 e. The van der Waals surface area contributed by atoms with Gasteiger partial charge in [0.15, 0.2) is 0 Å². The van der Waals surface area contributed by atoms with Crippen LogP contribution in [0.4, 0.5) is 0 Å². The van der Waals surface area contributed by atoms with Crippen LogP contribution < -0.4 is 10.1 Å². The first-order chi connectivity index (χ1) is 11.8. The number of hydrogen-bond donors (Lipinski definition) is 1. The molecular formula is C17H18N6O. The maximum atomic E-state index is 9.27. The van der Waals surface area contributed by atoms with Crippen LogP contribution in [0.5, 0.6) is 5.88 Å². The van der Waals surface area contributed by atoms with Crippen molar-refractivity contribution in [2.24, 2.45) is 0 Å². The van der Waals surface area contributed by atoms with Gasteiger partial charge in [0.25, 0.3) is 5.88 Å².